The smallest absolute Gasteiger partial charge is 0.110 e. The first-order chi connectivity index (χ1) is 13.7. The van der Waals surface area contributed by atoms with Crippen molar-refractivity contribution in [2.24, 2.45) is 0 Å². The van der Waals surface area contributed by atoms with Crippen molar-refractivity contribution in [3.8, 4) is 17.2 Å². The maximum Gasteiger partial charge on any atom is 0.110 e. The Hall–Kier alpha value is -3.64. The van der Waals surface area contributed by atoms with Crippen molar-refractivity contribution in [1.82, 2.24) is 9.97 Å². The lowest BCUT2D eigenvalue weighted by molar-refractivity contribution is 1.000. The van der Waals surface area contributed by atoms with E-state index in [1.807, 2.05) is 30.5 Å². The Morgan fingerprint density at radius 2 is 1.57 bits per heavy atom. The zero-order valence-corrected chi connectivity index (χ0v) is 15.8. The number of aryl methyl sites for hydroxylation is 1. The zero-order valence-electron chi connectivity index (χ0n) is 15.8. The summed E-state index contributed by atoms with van der Waals surface area (Å²) in [5, 5.41) is 8.89. The molecule has 3 aromatic carbocycles. The topological polar surface area (TPSA) is 52.5 Å². The highest BCUT2D eigenvalue weighted by Gasteiger charge is 2.05. The van der Waals surface area contributed by atoms with E-state index in [0.717, 1.165) is 29.9 Å². The van der Waals surface area contributed by atoms with Gasteiger partial charge in [0.25, 0.3) is 0 Å². The predicted octanol–water partition coefficient (Wildman–Crippen LogP) is 5.44. The van der Waals surface area contributed by atoms with Gasteiger partial charge in [-0.3, -0.25) is 0 Å². The molecular formula is C25H21N3. The van der Waals surface area contributed by atoms with Gasteiger partial charge in [0.15, 0.2) is 0 Å². The van der Waals surface area contributed by atoms with E-state index in [1.165, 1.54) is 22.3 Å². The van der Waals surface area contributed by atoms with Gasteiger partial charge in [-0.1, -0.05) is 66.2 Å². The SMILES string of the molecule is Cc1cccc(-c2ccc(Cc3ncc(Cc4ccc(C#N)cc4)[nH]3)cc2)c1. The lowest BCUT2D eigenvalue weighted by Gasteiger charge is -2.05. The molecule has 0 unspecified atom stereocenters. The second-order valence-electron chi connectivity index (χ2n) is 7.08. The monoisotopic (exact) mass is 363 g/mol. The van der Waals surface area contributed by atoms with Gasteiger partial charge in [-0.25, -0.2) is 4.98 Å². The molecule has 1 N–H and O–H groups in total. The van der Waals surface area contributed by atoms with E-state index in [9.17, 15) is 0 Å². The van der Waals surface area contributed by atoms with Crippen molar-refractivity contribution in [1.29, 1.82) is 5.26 Å². The molecule has 0 aliphatic rings. The highest BCUT2D eigenvalue weighted by Crippen LogP contribution is 2.21. The molecule has 4 rings (SSSR count). The number of imidazole rings is 1. The van der Waals surface area contributed by atoms with Crippen molar-refractivity contribution in [3.05, 3.63) is 113 Å². The van der Waals surface area contributed by atoms with Crippen LogP contribution in [0.2, 0.25) is 0 Å². The lowest BCUT2D eigenvalue weighted by Crippen LogP contribution is -1.93. The van der Waals surface area contributed by atoms with Gasteiger partial charge in [0.2, 0.25) is 0 Å². The van der Waals surface area contributed by atoms with Crippen molar-refractivity contribution in [3.63, 3.8) is 0 Å². The number of nitrogens with zero attached hydrogens (tertiary/aromatic N) is 2. The molecule has 0 fully saturated rings. The van der Waals surface area contributed by atoms with Gasteiger partial charge in [0.1, 0.15) is 5.82 Å². The second-order valence-corrected chi connectivity index (χ2v) is 7.08. The van der Waals surface area contributed by atoms with Crippen LogP contribution in [0.5, 0.6) is 0 Å². The fraction of sp³-hybridized carbons (Fsp3) is 0.120. The summed E-state index contributed by atoms with van der Waals surface area (Å²) in [6, 6.07) is 27.1. The van der Waals surface area contributed by atoms with E-state index < -0.39 is 0 Å². The third kappa shape index (κ3) is 4.19. The first-order valence-electron chi connectivity index (χ1n) is 9.37. The molecule has 0 aliphatic carbocycles. The number of rotatable bonds is 5. The van der Waals surface area contributed by atoms with Crippen LogP contribution < -0.4 is 0 Å². The summed E-state index contributed by atoms with van der Waals surface area (Å²) in [5.41, 5.74) is 7.90. The number of H-pyrrole nitrogens is 1. The first kappa shape index (κ1) is 17.8. The summed E-state index contributed by atoms with van der Waals surface area (Å²) in [6.45, 7) is 2.12. The van der Waals surface area contributed by atoms with E-state index >= 15 is 0 Å². The molecule has 1 aromatic heterocycles. The number of nitrogens with one attached hydrogen (secondary N) is 1. The van der Waals surface area contributed by atoms with Gasteiger partial charge in [-0.15, -0.1) is 0 Å². The summed E-state index contributed by atoms with van der Waals surface area (Å²) >= 11 is 0. The van der Waals surface area contributed by atoms with Crippen LogP contribution in [0.3, 0.4) is 0 Å². The van der Waals surface area contributed by atoms with E-state index in [2.05, 4.69) is 71.5 Å². The van der Waals surface area contributed by atoms with Gasteiger partial charge in [0.05, 0.1) is 11.6 Å². The molecule has 0 saturated carbocycles. The van der Waals surface area contributed by atoms with Gasteiger partial charge in [0, 0.05) is 24.7 Å². The minimum absolute atomic E-state index is 0.683. The molecular weight excluding hydrogens is 342 g/mol. The second kappa shape index (κ2) is 7.94. The Morgan fingerprint density at radius 3 is 2.29 bits per heavy atom. The average Bonchev–Trinajstić information content (AvgIpc) is 3.16. The quantitative estimate of drug-likeness (QED) is 0.513. The van der Waals surface area contributed by atoms with Crippen LogP contribution in [0, 0.1) is 18.3 Å². The number of hydrogen-bond donors (Lipinski definition) is 1. The molecule has 4 aromatic rings. The molecule has 0 aliphatic heterocycles. The molecule has 0 spiro atoms. The fourth-order valence-electron chi connectivity index (χ4n) is 3.34. The Kier molecular flexibility index (Phi) is 5.03. The van der Waals surface area contributed by atoms with Crippen LogP contribution in [0.15, 0.2) is 79.0 Å². The van der Waals surface area contributed by atoms with Crippen LogP contribution in [-0.4, -0.2) is 9.97 Å². The third-order valence-corrected chi connectivity index (χ3v) is 4.84. The molecule has 0 bridgehead atoms. The van der Waals surface area contributed by atoms with Gasteiger partial charge in [-0.05, 0) is 41.3 Å². The van der Waals surface area contributed by atoms with Crippen molar-refractivity contribution < 1.29 is 0 Å². The highest BCUT2D eigenvalue weighted by atomic mass is 14.9. The summed E-state index contributed by atoms with van der Waals surface area (Å²) in [4.78, 5) is 7.94. The minimum atomic E-state index is 0.683. The van der Waals surface area contributed by atoms with Crippen molar-refractivity contribution in [2.45, 2.75) is 19.8 Å². The van der Waals surface area contributed by atoms with Crippen LogP contribution in [0.4, 0.5) is 0 Å². The van der Waals surface area contributed by atoms with Gasteiger partial charge >= 0.3 is 0 Å². The zero-order chi connectivity index (χ0) is 19.3. The lowest BCUT2D eigenvalue weighted by atomic mass is 10.0. The van der Waals surface area contributed by atoms with E-state index in [0.29, 0.717) is 5.56 Å². The Morgan fingerprint density at radius 1 is 0.857 bits per heavy atom. The predicted molar refractivity (Wildman–Crippen MR) is 112 cm³/mol. The Bertz CT molecular complexity index is 1110. The molecule has 1 heterocycles. The highest BCUT2D eigenvalue weighted by molar-refractivity contribution is 5.64. The number of aromatic amines is 1. The first-order valence-corrected chi connectivity index (χ1v) is 9.37. The molecule has 0 saturated heterocycles. The molecule has 0 radical (unpaired) electrons. The Balaban J connectivity index is 1.42. The van der Waals surface area contributed by atoms with Crippen molar-refractivity contribution in [2.75, 3.05) is 0 Å². The summed E-state index contributed by atoms with van der Waals surface area (Å²) in [7, 11) is 0. The largest absolute Gasteiger partial charge is 0.345 e. The summed E-state index contributed by atoms with van der Waals surface area (Å²) in [6.07, 6.45) is 3.46. The van der Waals surface area contributed by atoms with Gasteiger partial charge < -0.3 is 4.98 Å². The third-order valence-electron chi connectivity index (χ3n) is 4.84. The number of benzene rings is 3. The van der Waals surface area contributed by atoms with E-state index in [-0.39, 0.29) is 0 Å². The minimum Gasteiger partial charge on any atom is -0.345 e. The summed E-state index contributed by atoms with van der Waals surface area (Å²) < 4.78 is 0. The molecule has 28 heavy (non-hydrogen) atoms. The van der Waals surface area contributed by atoms with E-state index in [1.54, 1.807) is 0 Å². The molecule has 0 amide bonds. The van der Waals surface area contributed by atoms with Crippen molar-refractivity contribution >= 4 is 0 Å². The average molecular weight is 363 g/mol. The van der Waals surface area contributed by atoms with Crippen LogP contribution in [0.25, 0.3) is 11.1 Å². The normalized spacial score (nSPS) is 10.6. The molecule has 0 atom stereocenters. The van der Waals surface area contributed by atoms with Crippen LogP contribution in [-0.2, 0) is 12.8 Å². The fourth-order valence-corrected chi connectivity index (χ4v) is 3.34. The Labute approximate surface area is 165 Å². The standard InChI is InChI=1S/C25H21N3/c1-18-3-2-4-23(13-18)22-11-9-20(10-12-22)15-25-27-17-24(28-25)14-19-5-7-21(16-26)8-6-19/h2-13,17H,14-15H2,1H3,(H,27,28). The number of hydrogen-bond acceptors (Lipinski definition) is 2. The number of nitriles is 1. The maximum absolute atomic E-state index is 8.89. The van der Waals surface area contributed by atoms with E-state index in [4.69, 9.17) is 5.26 Å². The molecule has 3 nitrogen and oxygen atoms in total. The van der Waals surface area contributed by atoms with Crippen LogP contribution >= 0.6 is 0 Å². The maximum atomic E-state index is 8.89. The number of aromatic nitrogens is 2. The van der Waals surface area contributed by atoms with Gasteiger partial charge in [-0.2, -0.15) is 5.26 Å². The summed E-state index contributed by atoms with van der Waals surface area (Å²) in [5.74, 6) is 0.965. The molecule has 3 heteroatoms. The molecule has 136 valence electrons. The van der Waals surface area contributed by atoms with Crippen LogP contribution in [0.1, 0.15) is 33.8 Å².